The van der Waals surface area contributed by atoms with E-state index in [0.29, 0.717) is 0 Å². The SMILES string of the molecule is CC(C)(C)C1CC(=O)N(CC(=O)O)O1. The van der Waals surface area contributed by atoms with Gasteiger partial charge in [0.15, 0.2) is 0 Å². The summed E-state index contributed by atoms with van der Waals surface area (Å²) in [6, 6.07) is 0. The average molecular weight is 201 g/mol. The lowest BCUT2D eigenvalue weighted by atomic mass is 9.87. The highest BCUT2D eigenvalue weighted by atomic mass is 16.7. The Bertz CT molecular complexity index is 256. The summed E-state index contributed by atoms with van der Waals surface area (Å²) in [6.07, 6.45) is 0.0332. The number of nitrogens with zero attached hydrogens (tertiary/aromatic N) is 1. The molecule has 0 aromatic rings. The van der Waals surface area contributed by atoms with Crippen LogP contribution in [0.25, 0.3) is 0 Å². The Labute approximate surface area is 82.6 Å². The van der Waals surface area contributed by atoms with E-state index >= 15 is 0 Å². The zero-order chi connectivity index (χ0) is 10.9. The molecule has 0 aliphatic carbocycles. The van der Waals surface area contributed by atoms with Gasteiger partial charge in [0.25, 0.3) is 0 Å². The number of amides is 1. The van der Waals surface area contributed by atoms with Crippen molar-refractivity contribution in [2.45, 2.75) is 33.3 Å². The van der Waals surface area contributed by atoms with Crippen LogP contribution in [0.4, 0.5) is 0 Å². The monoisotopic (exact) mass is 201 g/mol. The van der Waals surface area contributed by atoms with Crippen molar-refractivity contribution >= 4 is 11.9 Å². The highest BCUT2D eigenvalue weighted by Gasteiger charge is 2.39. The number of carboxylic acids is 1. The van der Waals surface area contributed by atoms with Gasteiger partial charge in [-0.25, -0.2) is 5.06 Å². The molecule has 1 heterocycles. The maximum absolute atomic E-state index is 11.3. The van der Waals surface area contributed by atoms with Gasteiger partial charge < -0.3 is 5.11 Å². The number of hydrogen-bond donors (Lipinski definition) is 1. The predicted octanol–water partition coefficient (Wildman–Crippen LogP) is 0.650. The molecular weight excluding hydrogens is 186 g/mol. The van der Waals surface area contributed by atoms with Crippen LogP contribution in [0.15, 0.2) is 0 Å². The van der Waals surface area contributed by atoms with Gasteiger partial charge in [0.1, 0.15) is 6.54 Å². The third kappa shape index (κ3) is 2.45. The fourth-order valence-corrected chi connectivity index (χ4v) is 1.22. The van der Waals surface area contributed by atoms with E-state index in [0.717, 1.165) is 5.06 Å². The number of carboxylic acid groups (broad SMARTS) is 1. The summed E-state index contributed by atoms with van der Waals surface area (Å²) in [4.78, 5) is 26.9. The molecule has 1 aliphatic heterocycles. The summed E-state index contributed by atoms with van der Waals surface area (Å²) in [7, 11) is 0. The molecule has 1 rings (SSSR count). The predicted molar refractivity (Wildman–Crippen MR) is 48.3 cm³/mol. The second kappa shape index (κ2) is 3.57. The number of aliphatic carboxylic acids is 1. The molecule has 1 aliphatic rings. The topological polar surface area (TPSA) is 66.8 Å². The van der Waals surface area contributed by atoms with Gasteiger partial charge in [-0.15, -0.1) is 0 Å². The van der Waals surface area contributed by atoms with Crippen LogP contribution < -0.4 is 0 Å². The Hall–Kier alpha value is -1.10. The van der Waals surface area contributed by atoms with Gasteiger partial charge in [0.05, 0.1) is 12.5 Å². The minimum atomic E-state index is -1.06. The van der Waals surface area contributed by atoms with Crippen LogP contribution in [0.2, 0.25) is 0 Å². The lowest BCUT2D eigenvalue weighted by Gasteiger charge is -2.25. The van der Waals surface area contributed by atoms with Crippen LogP contribution in [0.3, 0.4) is 0 Å². The number of hydrogen-bond acceptors (Lipinski definition) is 3. The zero-order valence-corrected chi connectivity index (χ0v) is 8.61. The molecule has 0 aromatic carbocycles. The molecule has 0 saturated carbocycles. The molecule has 5 heteroatoms. The van der Waals surface area contributed by atoms with Crippen LogP contribution in [-0.2, 0) is 14.4 Å². The smallest absolute Gasteiger partial charge is 0.325 e. The molecule has 14 heavy (non-hydrogen) atoms. The van der Waals surface area contributed by atoms with Crippen molar-refractivity contribution in [1.29, 1.82) is 0 Å². The normalized spacial score (nSPS) is 22.9. The molecule has 1 atom stereocenters. The van der Waals surface area contributed by atoms with Crippen LogP contribution >= 0.6 is 0 Å². The van der Waals surface area contributed by atoms with Crippen LogP contribution in [0.5, 0.6) is 0 Å². The molecule has 5 nitrogen and oxygen atoms in total. The van der Waals surface area contributed by atoms with Crippen molar-refractivity contribution in [3.63, 3.8) is 0 Å². The highest BCUT2D eigenvalue weighted by molar-refractivity contribution is 5.81. The van der Waals surface area contributed by atoms with Crippen LogP contribution in [0.1, 0.15) is 27.2 Å². The van der Waals surface area contributed by atoms with E-state index in [1.54, 1.807) is 0 Å². The first-order chi connectivity index (χ1) is 6.30. The third-order valence-electron chi connectivity index (χ3n) is 2.14. The quantitative estimate of drug-likeness (QED) is 0.712. The standard InChI is InChI=1S/C9H15NO4/c1-9(2,3)6-4-7(11)10(14-6)5-8(12)13/h6H,4-5H2,1-3H3,(H,12,13). The van der Waals surface area contributed by atoms with Gasteiger partial charge in [0, 0.05) is 0 Å². The second-order valence-electron chi connectivity index (χ2n) is 4.49. The summed E-state index contributed by atoms with van der Waals surface area (Å²) in [5.41, 5.74) is -0.150. The Morgan fingerprint density at radius 3 is 2.57 bits per heavy atom. The third-order valence-corrected chi connectivity index (χ3v) is 2.14. The fourth-order valence-electron chi connectivity index (χ4n) is 1.22. The average Bonchev–Trinajstić information content (AvgIpc) is 2.30. The largest absolute Gasteiger partial charge is 0.480 e. The van der Waals surface area contributed by atoms with Crippen molar-refractivity contribution in [3.8, 4) is 0 Å². The van der Waals surface area contributed by atoms with Crippen LogP contribution in [0, 0.1) is 5.41 Å². The lowest BCUT2D eigenvalue weighted by Crippen LogP contribution is -2.32. The first kappa shape index (κ1) is 11.0. The zero-order valence-electron chi connectivity index (χ0n) is 8.61. The van der Waals surface area contributed by atoms with Gasteiger partial charge in [-0.1, -0.05) is 20.8 Å². The Morgan fingerprint density at radius 2 is 2.21 bits per heavy atom. The van der Waals surface area contributed by atoms with E-state index in [2.05, 4.69) is 0 Å². The molecule has 80 valence electrons. The van der Waals surface area contributed by atoms with E-state index in [1.807, 2.05) is 20.8 Å². The second-order valence-corrected chi connectivity index (χ2v) is 4.49. The minimum Gasteiger partial charge on any atom is -0.480 e. The van der Waals surface area contributed by atoms with Crippen molar-refractivity contribution < 1.29 is 19.5 Å². The molecule has 0 spiro atoms. The van der Waals surface area contributed by atoms with Crippen LogP contribution in [-0.4, -0.2) is 34.7 Å². The number of carbonyl (C=O) groups excluding carboxylic acids is 1. The van der Waals surface area contributed by atoms with Crippen molar-refractivity contribution in [2.24, 2.45) is 5.41 Å². The molecular formula is C9H15NO4. The Balaban J connectivity index is 2.60. The highest BCUT2D eigenvalue weighted by Crippen LogP contribution is 2.30. The summed E-state index contributed by atoms with van der Waals surface area (Å²) >= 11 is 0. The van der Waals surface area contributed by atoms with E-state index in [1.165, 1.54) is 0 Å². The molecule has 1 saturated heterocycles. The molecule has 1 fully saturated rings. The molecule has 0 bridgehead atoms. The molecule has 1 amide bonds. The Morgan fingerprint density at radius 1 is 1.64 bits per heavy atom. The molecule has 0 radical (unpaired) electrons. The maximum Gasteiger partial charge on any atom is 0.325 e. The fraction of sp³-hybridized carbons (Fsp3) is 0.778. The van der Waals surface area contributed by atoms with Crippen molar-refractivity contribution in [3.05, 3.63) is 0 Å². The first-order valence-electron chi connectivity index (χ1n) is 4.49. The number of carbonyl (C=O) groups is 2. The van der Waals surface area contributed by atoms with Gasteiger partial charge in [-0.05, 0) is 5.41 Å². The van der Waals surface area contributed by atoms with Crippen molar-refractivity contribution in [1.82, 2.24) is 5.06 Å². The summed E-state index contributed by atoms with van der Waals surface area (Å²) in [6.45, 7) is 5.48. The van der Waals surface area contributed by atoms with E-state index in [4.69, 9.17) is 9.94 Å². The van der Waals surface area contributed by atoms with E-state index < -0.39 is 5.97 Å². The number of hydroxylamine groups is 2. The lowest BCUT2D eigenvalue weighted by molar-refractivity contribution is -0.191. The maximum atomic E-state index is 11.3. The van der Waals surface area contributed by atoms with Gasteiger partial charge in [0.2, 0.25) is 5.91 Å². The van der Waals surface area contributed by atoms with E-state index in [9.17, 15) is 9.59 Å². The van der Waals surface area contributed by atoms with E-state index in [-0.39, 0.29) is 30.4 Å². The van der Waals surface area contributed by atoms with Gasteiger partial charge in [-0.2, -0.15) is 0 Å². The molecule has 1 unspecified atom stereocenters. The first-order valence-corrected chi connectivity index (χ1v) is 4.49. The molecule has 1 N–H and O–H groups in total. The summed E-state index contributed by atoms with van der Waals surface area (Å²) in [5.74, 6) is -1.32. The van der Waals surface area contributed by atoms with Gasteiger partial charge in [-0.3, -0.25) is 14.4 Å². The number of rotatable bonds is 2. The summed E-state index contributed by atoms with van der Waals surface area (Å²) < 4.78 is 0. The van der Waals surface area contributed by atoms with Crippen molar-refractivity contribution in [2.75, 3.05) is 6.54 Å². The minimum absolute atomic E-state index is 0.150. The van der Waals surface area contributed by atoms with Gasteiger partial charge >= 0.3 is 5.97 Å². The summed E-state index contributed by atoms with van der Waals surface area (Å²) in [5, 5.41) is 9.44. The Kier molecular flexibility index (Phi) is 2.80. The molecule has 0 aromatic heterocycles.